The molecule has 1 aliphatic rings. The lowest BCUT2D eigenvalue weighted by molar-refractivity contribution is -0.120. The Morgan fingerprint density at radius 3 is 2.33 bits per heavy atom. The van der Waals surface area contributed by atoms with E-state index >= 15 is 0 Å². The van der Waals surface area contributed by atoms with Crippen LogP contribution in [0.1, 0.15) is 42.5 Å². The van der Waals surface area contributed by atoms with Crippen LogP contribution >= 0.6 is 11.6 Å². The average Bonchev–Trinajstić information content (AvgIpc) is 2.83. The van der Waals surface area contributed by atoms with Crippen molar-refractivity contribution in [3.63, 3.8) is 0 Å². The largest absolute Gasteiger partial charge is 0.348 e. The molecule has 0 aromatic heterocycles. The zero-order valence-corrected chi connectivity index (χ0v) is 20.1. The lowest BCUT2D eigenvalue weighted by Gasteiger charge is -2.25. The number of hydrogen-bond donors (Lipinski definition) is 1. The van der Waals surface area contributed by atoms with E-state index in [1.54, 1.807) is 30.3 Å². The van der Waals surface area contributed by atoms with Gasteiger partial charge in [0.1, 0.15) is 6.54 Å². The number of benzene rings is 3. The van der Waals surface area contributed by atoms with E-state index in [9.17, 15) is 13.2 Å². The minimum atomic E-state index is -3.96. The Balaban J connectivity index is 1.55. The molecule has 0 aliphatic heterocycles. The Morgan fingerprint density at radius 2 is 1.64 bits per heavy atom. The number of carbonyl (C=O) groups is 1. The topological polar surface area (TPSA) is 66.5 Å². The van der Waals surface area contributed by atoms with Crippen LogP contribution in [0.25, 0.3) is 0 Å². The summed E-state index contributed by atoms with van der Waals surface area (Å²) in [6.45, 7) is 1.59. The molecule has 0 bridgehead atoms. The highest BCUT2D eigenvalue weighted by Crippen LogP contribution is 2.26. The Hall–Kier alpha value is -2.83. The number of halogens is 1. The molecule has 33 heavy (non-hydrogen) atoms. The highest BCUT2D eigenvalue weighted by atomic mass is 35.5. The summed E-state index contributed by atoms with van der Waals surface area (Å²) >= 11 is 5.93. The fourth-order valence-electron chi connectivity index (χ4n) is 4.17. The smallest absolute Gasteiger partial charge is 0.264 e. The number of nitrogens with one attached hydrogen (secondary N) is 1. The Bertz CT molecular complexity index is 1230. The number of nitrogens with zero attached hydrogens (tertiary/aromatic N) is 1. The van der Waals surface area contributed by atoms with E-state index in [0.717, 1.165) is 22.7 Å². The molecular weight excluding hydrogens is 456 g/mol. The van der Waals surface area contributed by atoms with E-state index in [1.165, 1.54) is 48.2 Å². The Kier molecular flexibility index (Phi) is 7.05. The number of rotatable bonds is 7. The van der Waals surface area contributed by atoms with Gasteiger partial charge in [-0.15, -0.1) is 0 Å². The highest BCUT2D eigenvalue weighted by Gasteiger charge is 2.27. The van der Waals surface area contributed by atoms with Gasteiger partial charge in [-0.05, 0) is 85.7 Å². The van der Waals surface area contributed by atoms with Gasteiger partial charge in [0, 0.05) is 5.02 Å². The molecule has 1 atom stereocenters. The SMILES string of the molecule is C[C@@H](NC(=O)CN(c1ccccc1)S(=O)(=O)c1ccc(Cl)cc1)c1ccc2c(c1)CCCC2. The second-order valence-corrected chi connectivity index (χ2v) is 10.6. The highest BCUT2D eigenvalue weighted by molar-refractivity contribution is 7.92. The van der Waals surface area contributed by atoms with E-state index in [4.69, 9.17) is 11.6 Å². The van der Waals surface area contributed by atoms with Crippen molar-refractivity contribution in [3.05, 3.63) is 94.5 Å². The van der Waals surface area contributed by atoms with Gasteiger partial charge in [-0.25, -0.2) is 8.42 Å². The molecule has 0 saturated carbocycles. The maximum atomic E-state index is 13.4. The van der Waals surface area contributed by atoms with Gasteiger partial charge in [-0.2, -0.15) is 0 Å². The van der Waals surface area contributed by atoms with Gasteiger partial charge < -0.3 is 5.32 Å². The van der Waals surface area contributed by atoms with E-state index < -0.39 is 10.0 Å². The zero-order valence-electron chi connectivity index (χ0n) is 18.5. The van der Waals surface area contributed by atoms with E-state index in [0.29, 0.717) is 10.7 Å². The van der Waals surface area contributed by atoms with Crippen LogP contribution in [0.2, 0.25) is 5.02 Å². The maximum Gasteiger partial charge on any atom is 0.264 e. The van der Waals surface area contributed by atoms with Crippen molar-refractivity contribution >= 4 is 33.2 Å². The molecule has 3 aromatic rings. The van der Waals surface area contributed by atoms with Crippen LogP contribution in [0.3, 0.4) is 0 Å². The molecule has 1 N–H and O–H groups in total. The van der Waals surface area contributed by atoms with Crippen LogP contribution in [0.15, 0.2) is 77.7 Å². The van der Waals surface area contributed by atoms with Crippen LogP contribution in [0.4, 0.5) is 5.69 Å². The van der Waals surface area contributed by atoms with Crippen molar-refractivity contribution < 1.29 is 13.2 Å². The molecule has 0 radical (unpaired) electrons. The summed E-state index contributed by atoms with van der Waals surface area (Å²) < 4.78 is 27.9. The number of aryl methyl sites for hydroxylation is 2. The second-order valence-electron chi connectivity index (χ2n) is 8.33. The molecule has 1 aliphatic carbocycles. The first-order valence-corrected chi connectivity index (χ1v) is 12.9. The minimum Gasteiger partial charge on any atom is -0.348 e. The molecule has 0 unspecified atom stereocenters. The number of hydrogen-bond acceptors (Lipinski definition) is 3. The summed E-state index contributed by atoms with van der Waals surface area (Å²) in [6.07, 6.45) is 4.57. The predicted molar refractivity (Wildman–Crippen MR) is 132 cm³/mol. The normalized spacial score (nSPS) is 14.2. The van der Waals surface area contributed by atoms with Gasteiger partial charge in [-0.3, -0.25) is 9.10 Å². The zero-order chi connectivity index (χ0) is 23.4. The first-order chi connectivity index (χ1) is 15.8. The summed E-state index contributed by atoms with van der Waals surface area (Å²) in [5.41, 5.74) is 4.17. The molecule has 1 amide bonds. The fraction of sp³-hybridized carbons (Fsp3) is 0.269. The molecule has 3 aromatic carbocycles. The number of amides is 1. The Labute approximate surface area is 200 Å². The number of carbonyl (C=O) groups excluding carboxylic acids is 1. The minimum absolute atomic E-state index is 0.0753. The van der Waals surface area contributed by atoms with Crippen molar-refractivity contribution in [1.29, 1.82) is 0 Å². The molecule has 0 spiro atoms. The van der Waals surface area contributed by atoms with Crippen LogP contribution < -0.4 is 9.62 Å². The third-order valence-electron chi connectivity index (χ3n) is 5.98. The van der Waals surface area contributed by atoms with Gasteiger partial charge >= 0.3 is 0 Å². The van der Waals surface area contributed by atoms with Gasteiger partial charge in [0.15, 0.2) is 0 Å². The predicted octanol–water partition coefficient (Wildman–Crippen LogP) is 5.29. The van der Waals surface area contributed by atoms with E-state index in [1.807, 2.05) is 6.92 Å². The number of para-hydroxylation sites is 1. The standard InChI is InChI=1S/C26H27ClN2O3S/c1-19(21-12-11-20-7-5-6-8-22(20)17-21)28-26(30)18-29(24-9-3-2-4-10-24)33(31,32)25-15-13-23(27)14-16-25/h2-4,9-17,19H,5-8,18H2,1H3,(H,28,30)/t19-/m1/s1. The van der Waals surface area contributed by atoms with Crippen molar-refractivity contribution in [2.24, 2.45) is 0 Å². The summed E-state index contributed by atoms with van der Waals surface area (Å²) in [5, 5.41) is 3.41. The molecule has 0 saturated heterocycles. The van der Waals surface area contributed by atoms with E-state index in [2.05, 4.69) is 23.5 Å². The summed E-state index contributed by atoms with van der Waals surface area (Å²) in [5.74, 6) is -0.374. The average molecular weight is 483 g/mol. The van der Waals surface area contributed by atoms with Crippen molar-refractivity contribution in [3.8, 4) is 0 Å². The molecule has 172 valence electrons. The second kappa shape index (κ2) is 9.98. The van der Waals surface area contributed by atoms with Crippen molar-refractivity contribution in [2.45, 2.75) is 43.5 Å². The molecule has 7 heteroatoms. The molecule has 4 rings (SSSR count). The number of fused-ring (bicyclic) bond motifs is 1. The van der Waals surface area contributed by atoms with Crippen molar-refractivity contribution in [2.75, 3.05) is 10.8 Å². The van der Waals surface area contributed by atoms with Crippen LogP contribution in [-0.2, 0) is 27.7 Å². The van der Waals surface area contributed by atoms with Crippen LogP contribution in [-0.4, -0.2) is 20.9 Å². The van der Waals surface area contributed by atoms with Crippen LogP contribution in [0.5, 0.6) is 0 Å². The van der Waals surface area contributed by atoms with E-state index in [-0.39, 0.29) is 23.4 Å². The molecule has 0 fully saturated rings. The lowest BCUT2D eigenvalue weighted by Crippen LogP contribution is -2.41. The maximum absolute atomic E-state index is 13.4. The fourth-order valence-corrected chi connectivity index (χ4v) is 5.71. The molecule has 0 heterocycles. The summed E-state index contributed by atoms with van der Waals surface area (Å²) in [4.78, 5) is 13.1. The molecular formula is C26H27ClN2O3S. The first-order valence-electron chi connectivity index (χ1n) is 11.1. The van der Waals surface area contributed by atoms with Crippen molar-refractivity contribution in [1.82, 2.24) is 5.32 Å². The van der Waals surface area contributed by atoms with Gasteiger partial charge in [0.05, 0.1) is 16.6 Å². The van der Waals surface area contributed by atoms with Gasteiger partial charge in [0.25, 0.3) is 10.0 Å². The molecule has 5 nitrogen and oxygen atoms in total. The first kappa shape index (κ1) is 23.3. The third kappa shape index (κ3) is 5.40. The van der Waals surface area contributed by atoms with Gasteiger partial charge in [-0.1, -0.05) is 48.0 Å². The third-order valence-corrected chi connectivity index (χ3v) is 8.02. The quantitative estimate of drug-likeness (QED) is 0.497. The number of anilines is 1. The monoisotopic (exact) mass is 482 g/mol. The van der Waals surface area contributed by atoms with Gasteiger partial charge in [0.2, 0.25) is 5.91 Å². The summed E-state index contributed by atoms with van der Waals surface area (Å²) in [6, 6.07) is 20.7. The Morgan fingerprint density at radius 1 is 0.970 bits per heavy atom. The lowest BCUT2D eigenvalue weighted by atomic mass is 9.89. The van der Waals surface area contributed by atoms with Crippen LogP contribution in [0, 0.1) is 0 Å². The number of sulfonamides is 1. The summed E-state index contributed by atoms with van der Waals surface area (Å²) in [7, 11) is -3.96.